The quantitative estimate of drug-likeness (QED) is 0.754. The van der Waals surface area contributed by atoms with Crippen molar-refractivity contribution in [2.75, 3.05) is 36.5 Å². The number of carbonyl (C=O) groups is 2. The van der Waals surface area contributed by atoms with Crippen molar-refractivity contribution in [3.05, 3.63) is 48.5 Å². The Bertz CT molecular complexity index is 857. The van der Waals surface area contributed by atoms with Gasteiger partial charge in [0.15, 0.2) is 0 Å². The lowest BCUT2D eigenvalue weighted by molar-refractivity contribution is -0.119. The molecule has 0 bridgehead atoms. The third-order valence-electron chi connectivity index (χ3n) is 4.94. The highest BCUT2D eigenvalue weighted by Gasteiger charge is 2.25. The number of benzene rings is 2. The van der Waals surface area contributed by atoms with Crippen LogP contribution in [0.2, 0.25) is 0 Å². The van der Waals surface area contributed by atoms with Crippen molar-refractivity contribution in [1.82, 2.24) is 0 Å². The number of fused-ring (bicyclic) bond motifs is 1. The zero-order valence-electron chi connectivity index (χ0n) is 16.8. The molecule has 1 aliphatic rings. The van der Waals surface area contributed by atoms with Gasteiger partial charge in [0.25, 0.3) is 0 Å². The number of thioether (sulfide) groups is 1. The molecule has 0 unspecified atom stereocenters. The number of hydrogen-bond acceptors (Lipinski definition) is 5. The first-order chi connectivity index (χ1) is 14.0. The number of hydrogen-bond donors (Lipinski definition) is 1. The zero-order chi connectivity index (χ0) is 20.8. The van der Waals surface area contributed by atoms with Gasteiger partial charge in [-0.1, -0.05) is 19.1 Å². The maximum Gasteiger partial charge on any atom is 0.246 e. The second kappa shape index (κ2) is 9.69. The normalized spacial score (nSPS) is 15.9. The highest BCUT2D eigenvalue weighted by Crippen LogP contribution is 2.37. The predicted octanol–water partition coefficient (Wildman–Crippen LogP) is 3.29. The lowest BCUT2D eigenvalue weighted by atomic mass is 10.2. The number of amides is 2. The number of carbonyl (C=O) groups excluding carboxylic acids is 2. The standard InChI is InChI=1S/C22H27N3O3S/c1-16-11-14-25(19-5-3-4-6-20(19)29-16)22(27)15-24(13-12-21(23)26)17-7-9-18(28-2)10-8-17/h3-10,16H,11-15H2,1-2H3,(H2,23,26)/t16-/m0/s1. The largest absolute Gasteiger partial charge is 0.497 e. The number of nitrogens with two attached hydrogens (primary N) is 1. The minimum absolute atomic E-state index is 0.00689. The van der Waals surface area contributed by atoms with E-state index in [1.54, 1.807) is 18.9 Å². The molecule has 1 heterocycles. The average molecular weight is 414 g/mol. The fraction of sp³-hybridized carbons (Fsp3) is 0.364. The fourth-order valence-corrected chi connectivity index (χ4v) is 4.45. The topological polar surface area (TPSA) is 75.9 Å². The maximum atomic E-state index is 13.3. The van der Waals surface area contributed by atoms with E-state index >= 15 is 0 Å². The predicted molar refractivity (Wildman–Crippen MR) is 118 cm³/mol. The number of rotatable bonds is 7. The number of ether oxygens (including phenoxy) is 1. The van der Waals surface area contributed by atoms with Crippen LogP contribution in [0, 0.1) is 0 Å². The van der Waals surface area contributed by atoms with Crippen molar-refractivity contribution >= 4 is 35.0 Å². The summed E-state index contributed by atoms with van der Waals surface area (Å²) in [6, 6.07) is 15.5. The molecular weight excluding hydrogens is 386 g/mol. The Hall–Kier alpha value is -2.67. The van der Waals surface area contributed by atoms with Gasteiger partial charge in [-0.25, -0.2) is 0 Å². The Kier molecular flexibility index (Phi) is 7.04. The van der Waals surface area contributed by atoms with E-state index in [0.717, 1.165) is 28.4 Å². The van der Waals surface area contributed by atoms with E-state index in [0.29, 0.717) is 18.3 Å². The summed E-state index contributed by atoms with van der Waals surface area (Å²) in [5.74, 6) is 0.358. The fourth-order valence-electron chi connectivity index (χ4n) is 3.33. The van der Waals surface area contributed by atoms with Crippen LogP contribution in [0.3, 0.4) is 0 Å². The minimum atomic E-state index is -0.388. The molecule has 2 aromatic carbocycles. The van der Waals surface area contributed by atoms with Gasteiger partial charge < -0.3 is 20.3 Å². The summed E-state index contributed by atoms with van der Waals surface area (Å²) in [4.78, 5) is 29.5. The summed E-state index contributed by atoms with van der Waals surface area (Å²) in [6.45, 7) is 3.42. The molecule has 0 radical (unpaired) electrons. The Balaban J connectivity index is 1.82. The second-order valence-electron chi connectivity index (χ2n) is 7.07. The zero-order valence-corrected chi connectivity index (χ0v) is 17.7. The number of methoxy groups -OCH3 is 1. The minimum Gasteiger partial charge on any atom is -0.497 e. The lowest BCUT2D eigenvalue weighted by Gasteiger charge is -2.29. The third kappa shape index (κ3) is 5.44. The van der Waals surface area contributed by atoms with Crippen molar-refractivity contribution in [3.8, 4) is 5.75 Å². The molecule has 29 heavy (non-hydrogen) atoms. The van der Waals surface area contributed by atoms with Crippen molar-refractivity contribution in [2.24, 2.45) is 5.73 Å². The molecule has 0 saturated carbocycles. The van der Waals surface area contributed by atoms with Gasteiger partial charge in [-0.2, -0.15) is 0 Å². The van der Waals surface area contributed by atoms with Gasteiger partial charge >= 0.3 is 0 Å². The molecule has 154 valence electrons. The molecule has 1 aliphatic heterocycles. The van der Waals surface area contributed by atoms with Crippen LogP contribution in [0.4, 0.5) is 11.4 Å². The van der Waals surface area contributed by atoms with Gasteiger partial charge in [0.05, 0.1) is 19.3 Å². The van der Waals surface area contributed by atoms with Crippen molar-refractivity contribution in [3.63, 3.8) is 0 Å². The molecule has 2 aromatic rings. The first-order valence-corrected chi connectivity index (χ1v) is 10.6. The van der Waals surface area contributed by atoms with E-state index in [4.69, 9.17) is 10.5 Å². The monoisotopic (exact) mass is 413 g/mol. The van der Waals surface area contributed by atoms with Crippen molar-refractivity contribution in [1.29, 1.82) is 0 Å². The van der Waals surface area contributed by atoms with Gasteiger partial charge in [-0.05, 0) is 42.8 Å². The molecule has 6 nitrogen and oxygen atoms in total. The average Bonchev–Trinajstić information content (AvgIpc) is 2.89. The van der Waals surface area contributed by atoms with Gasteiger partial charge in [0, 0.05) is 35.3 Å². The number of nitrogens with zero attached hydrogens (tertiary/aromatic N) is 2. The SMILES string of the molecule is COc1ccc(N(CCC(N)=O)CC(=O)N2CC[C@H](C)Sc3ccccc32)cc1. The molecule has 3 rings (SSSR count). The smallest absolute Gasteiger partial charge is 0.246 e. The molecule has 2 amide bonds. The highest BCUT2D eigenvalue weighted by molar-refractivity contribution is 8.00. The molecule has 1 atom stereocenters. The molecule has 0 fully saturated rings. The van der Waals surface area contributed by atoms with E-state index in [1.807, 2.05) is 52.3 Å². The first-order valence-electron chi connectivity index (χ1n) is 9.71. The summed E-state index contributed by atoms with van der Waals surface area (Å²) in [7, 11) is 1.61. The number of primary amides is 1. The van der Waals surface area contributed by atoms with E-state index < -0.39 is 0 Å². The van der Waals surface area contributed by atoms with E-state index in [-0.39, 0.29) is 24.8 Å². The second-order valence-corrected chi connectivity index (χ2v) is 8.55. The Morgan fingerprint density at radius 2 is 1.93 bits per heavy atom. The summed E-state index contributed by atoms with van der Waals surface area (Å²) in [5.41, 5.74) is 7.16. The Morgan fingerprint density at radius 1 is 1.21 bits per heavy atom. The molecular formula is C22H27N3O3S. The van der Waals surface area contributed by atoms with Crippen LogP contribution in [-0.4, -0.2) is 43.8 Å². The molecule has 7 heteroatoms. The summed E-state index contributed by atoms with van der Waals surface area (Å²) >= 11 is 1.80. The van der Waals surface area contributed by atoms with Gasteiger partial charge in [0.1, 0.15) is 5.75 Å². The molecule has 0 aliphatic carbocycles. The molecule has 0 aromatic heterocycles. The first kappa shape index (κ1) is 21.0. The van der Waals surface area contributed by atoms with E-state index in [1.165, 1.54) is 0 Å². The summed E-state index contributed by atoms with van der Waals surface area (Å²) in [5, 5.41) is 0.446. The maximum absolute atomic E-state index is 13.3. The van der Waals surface area contributed by atoms with E-state index in [9.17, 15) is 9.59 Å². The van der Waals surface area contributed by atoms with Crippen LogP contribution in [0.5, 0.6) is 5.75 Å². The highest BCUT2D eigenvalue weighted by atomic mass is 32.2. The van der Waals surface area contributed by atoms with Crippen molar-refractivity contribution in [2.45, 2.75) is 29.9 Å². The van der Waals surface area contributed by atoms with Gasteiger partial charge in [-0.15, -0.1) is 11.8 Å². The van der Waals surface area contributed by atoms with Crippen LogP contribution < -0.4 is 20.3 Å². The third-order valence-corrected chi connectivity index (χ3v) is 6.17. The summed E-state index contributed by atoms with van der Waals surface area (Å²) < 4.78 is 5.22. The van der Waals surface area contributed by atoms with Crippen LogP contribution in [0.25, 0.3) is 0 Å². The summed E-state index contributed by atoms with van der Waals surface area (Å²) in [6.07, 6.45) is 1.11. The molecule has 2 N–H and O–H groups in total. The van der Waals surface area contributed by atoms with E-state index in [2.05, 4.69) is 13.0 Å². The number of para-hydroxylation sites is 1. The van der Waals surface area contributed by atoms with Crippen LogP contribution >= 0.6 is 11.8 Å². The number of anilines is 2. The van der Waals surface area contributed by atoms with Crippen molar-refractivity contribution < 1.29 is 14.3 Å². The van der Waals surface area contributed by atoms with Gasteiger partial charge in [0.2, 0.25) is 11.8 Å². The van der Waals surface area contributed by atoms with Crippen LogP contribution in [0.15, 0.2) is 53.4 Å². The molecule has 0 spiro atoms. The Morgan fingerprint density at radius 3 is 2.62 bits per heavy atom. The van der Waals surface area contributed by atoms with Gasteiger partial charge in [-0.3, -0.25) is 9.59 Å². The van der Waals surface area contributed by atoms with Crippen LogP contribution in [-0.2, 0) is 9.59 Å². The van der Waals surface area contributed by atoms with Crippen LogP contribution in [0.1, 0.15) is 19.8 Å². The molecule has 0 saturated heterocycles. The lowest BCUT2D eigenvalue weighted by Crippen LogP contribution is -2.42. The Labute approximate surface area is 176 Å².